The summed E-state index contributed by atoms with van der Waals surface area (Å²) in [5.74, 6) is 1.01. The molecule has 2 aromatic rings. The molecule has 1 aliphatic heterocycles. The van der Waals surface area contributed by atoms with Crippen molar-refractivity contribution in [1.29, 1.82) is 0 Å². The molecule has 19 heavy (non-hydrogen) atoms. The number of aliphatic hydroxyl groups excluding tert-OH is 1. The number of fused-ring (bicyclic) bond motifs is 1. The summed E-state index contributed by atoms with van der Waals surface area (Å²) in [5, 5.41) is 17.3. The topological polar surface area (TPSA) is 60.2 Å². The van der Waals surface area contributed by atoms with Gasteiger partial charge in [0.2, 0.25) is 0 Å². The molecule has 2 heterocycles. The predicted octanol–water partition coefficient (Wildman–Crippen LogP) is 1.51. The van der Waals surface area contributed by atoms with Crippen LogP contribution in [0.25, 0.3) is 0 Å². The van der Waals surface area contributed by atoms with Gasteiger partial charge in [0.1, 0.15) is 11.4 Å². The highest BCUT2D eigenvalue weighted by Gasteiger charge is 2.12. The number of nitrogens with zero attached hydrogens (tertiary/aromatic N) is 3. The van der Waals surface area contributed by atoms with Gasteiger partial charge in [-0.2, -0.15) is 0 Å². The van der Waals surface area contributed by atoms with E-state index >= 15 is 0 Å². The first-order valence-electron chi connectivity index (χ1n) is 6.55. The minimum atomic E-state index is -0.564. The van der Waals surface area contributed by atoms with Crippen molar-refractivity contribution in [2.45, 2.75) is 32.4 Å². The average Bonchev–Trinajstić information content (AvgIpc) is 3.04. The fraction of sp³-hybridized carbons (Fsp3) is 0.429. The molecule has 1 atom stereocenters. The molecule has 3 rings (SSSR count). The number of ether oxygens (including phenoxy) is 1. The van der Waals surface area contributed by atoms with Crippen LogP contribution in [0.1, 0.15) is 29.8 Å². The average molecular weight is 259 g/mol. The molecule has 0 saturated heterocycles. The Morgan fingerprint density at radius 1 is 1.47 bits per heavy atom. The third-order valence-electron chi connectivity index (χ3n) is 3.37. The number of hydrogen-bond acceptors (Lipinski definition) is 4. The molecule has 1 aromatic heterocycles. The number of aryl methyl sites for hydroxylation is 2. The zero-order valence-electron chi connectivity index (χ0n) is 10.9. The van der Waals surface area contributed by atoms with Crippen LogP contribution in [-0.4, -0.2) is 26.7 Å². The molecule has 5 nitrogen and oxygen atoms in total. The normalized spacial score (nSPS) is 15.1. The quantitative estimate of drug-likeness (QED) is 0.904. The van der Waals surface area contributed by atoms with E-state index in [2.05, 4.69) is 22.4 Å². The van der Waals surface area contributed by atoms with Gasteiger partial charge in [-0.3, -0.25) is 4.68 Å². The van der Waals surface area contributed by atoms with Crippen LogP contribution < -0.4 is 4.74 Å². The van der Waals surface area contributed by atoms with Crippen molar-refractivity contribution in [3.63, 3.8) is 0 Å². The van der Waals surface area contributed by atoms with E-state index in [-0.39, 0.29) is 0 Å². The summed E-state index contributed by atoms with van der Waals surface area (Å²) in [6, 6.07) is 6.34. The molecule has 0 aliphatic carbocycles. The van der Waals surface area contributed by atoms with Gasteiger partial charge in [0, 0.05) is 13.0 Å². The van der Waals surface area contributed by atoms with E-state index in [1.165, 1.54) is 11.1 Å². The van der Waals surface area contributed by atoms with Gasteiger partial charge in [0.15, 0.2) is 0 Å². The highest BCUT2D eigenvalue weighted by atomic mass is 16.5. The first kappa shape index (κ1) is 12.2. The molecule has 0 amide bonds. The Kier molecular flexibility index (Phi) is 3.21. The zero-order chi connectivity index (χ0) is 13.2. The van der Waals surface area contributed by atoms with Gasteiger partial charge in [-0.1, -0.05) is 17.3 Å². The lowest BCUT2D eigenvalue weighted by Gasteiger charge is -2.04. The third kappa shape index (κ3) is 2.61. The summed E-state index contributed by atoms with van der Waals surface area (Å²) in [4.78, 5) is 0. The highest BCUT2D eigenvalue weighted by Crippen LogP contribution is 2.26. The molecular formula is C14H17N3O2. The summed E-state index contributed by atoms with van der Waals surface area (Å²) >= 11 is 0. The van der Waals surface area contributed by atoms with Gasteiger partial charge < -0.3 is 9.84 Å². The molecule has 100 valence electrons. The molecule has 0 radical (unpaired) electrons. The van der Waals surface area contributed by atoms with Crippen molar-refractivity contribution in [3.05, 3.63) is 41.2 Å². The second-order valence-electron chi connectivity index (χ2n) is 4.87. The van der Waals surface area contributed by atoms with E-state index in [0.29, 0.717) is 5.69 Å². The maximum atomic E-state index is 9.40. The maximum Gasteiger partial charge on any atom is 0.122 e. The van der Waals surface area contributed by atoms with E-state index in [4.69, 9.17) is 4.74 Å². The van der Waals surface area contributed by atoms with Gasteiger partial charge in [-0.05, 0) is 30.5 Å². The van der Waals surface area contributed by atoms with E-state index in [1.54, 1.807) is 17.8 Å². The molecule has 1 aromatic carbocycles. The molecule has 0 fully saturated rings. The number of hydrogen-bond donors (Lipinski definition) is 1. The second-order valence-corrected chi connectivity index (χ2v) is 4.87. The van der Waals surface area contributed by atoms with Crippen LogP contribution >= 0.6 is 0 Å². The summed E-state index contributed by atoms with van der Waals surface area (Å²) in [7, 11) is 0. The number of benzene rings is 1. The van der Waals surface area contributed by atoms with Crippen molar-refractivity contribution in [2.75, 3.05) is 6.61 Å². The van der Waals surface area contributed by atoms with Gasteiger partial charge >= 0.3 is 0 Å². The lowest BCUT2D eigenvalue weighted by molar-refractivity contribution is 0.194. The number of rotatable bonds is 4. The Hall–Kier alpha value is -1.88. The van der Waals surface area contributed by atoms with Crippen molar-refractivity contribution in [3.8, 4) is 5.75 Å². The Bertz CT molecular complexity index is 578. The van der Waals surface area contributed by atoms with Crippen molar-refractivity contribution < 1.29 is 9.84 Å². The summed E-state index contributed by atoms with van der Waals surface area (Å²) in [6.45, 7) is 3.24. The Balaban J connectivity index is 1.65. The van der Waals surface area contributed by atoms with Crippen LogP contribution in [0.15, 0.2) is 24.4 Å². The van der Waals surface area contributed by atoms with Crippen LogP contribution in [0.2, 0.25) is 0 Å². The highest BCUT2D eigenvalue weighted by molar-refractivity contribution is 5.39. The lowest BCUT2D eigenvalue weighted by Crippen LogP contribution is -2.02. The second kappa shape index (κ2) is 5.01. The van der Waals surface area contributed by atoms with Crippen LogP contribution in [0.4, 0.5) is 0 Å². The van der Waals surface area contributed by atoms with Crippen LogP contribution in [0.3, 0.4) is 0 Å². The largest absolute Gasteiger partial charge is 0.493 e. The van der Waals surface area contributed by atoms with Gasteiger partial charge in [-0.25, -0.2) is 0 Å². The Labute approximate surface area is 111 Å². The lowest BCUT2D eigenvalue weighted by atomic mass is 10.1. The Morgan fingerprint density at radius 3 is 3.16 bits per heavy atom. The molecule has 1 aliphatic rings. The van der Waals surface area contributed by atoms with Crippen molar-refractivity contribution in [1.82, 2.24) is 15.0 Å². The van der Waals surface area contributed by atoms with Gasteiger partial charge in [0.25, 0.3) is 0 Å². The van der Waals surface area contributed by atoms with Crippen LogP contribution in [0, 0.1) is 0 Å². The fourth-order valence-corrected chi connectivity index (χ4v) is 2.25. The molecule has 0 saturated carbocycles. The summed E-state index contributed by atoms with van der Waals surface area (Å²) in [5.41, 5.74) is 3.18. The molecule has 1 unspecified atom stereocenters. The number of aromatic nitrogens is 3. The fourth-order valence-electron chi connectivity index (χ4n) is 2.25. The van der Waals surface area contributed by atoms with Gasteiger partial charge in [-0.15, -0.1) is 5.10 Å². The smallest absolute Gasteiger partial charge is 0.122 e. The van der Waals surface area contributed by atoms with E-state index in [9.17, 15) is 5.11 Å². The Morgan fingerprint density at radius 2 is 2.37 bits per heavy atom. The predicted molar refractivity (Wildman–Crippen MR) is 70.0 cm³/mol. The van der Waals surface area contributed by atoms with Crippen molar-refractivity contribution in [2.24, 2.45) is 0 Å². The summed E-state index contributed by atoms with van der Waals surface area (Å²) in [6.07, 6.45) is 3.13. The zero-order valence-corrected chi connectivity index (χ0v) is 10.9. The first-order chi connectivity index (χ1) is 9.22. The molecule has 5 heteroatoms. The minimum Gasteiger partial charge on any atom is -0.493 e. The van der Waals surface area contributed by atoms with Gasteiger partial charge in [0.05, 0.1) is 18.9 Å². The number of aliphatic hydroxyl groups is 1. The first-order valence-corrected chi connectivity index (χ1v) is 6.55. The molecule has 1 N–H and O–H groups in total. The van der Waals surface area contributed by atoms with E-state index in [1.807, 2.05) is 6.07 Å². The maximum absolute atomic E-state index is 9.40. The standard InChI is InChI=1S/C14H17N3O2/c1-10(18)13-9-17(16-15-13)6-4-11-2-3-14-12(8-11)5-7-19-14/h2-3,8-10,18H,4-7H2,1H3. The summed E-state index contributed by atoms with van der Waals surface area (Å²) < 4.78 is 7.26. The molecule has 0 spiro atoms. The van der Waals surface area contributed by atoms with E-state index in [0.717, 1.165) is 31.7 Å². The molecular weight excluding hydrogens is 242 g/mol. The van der Waals surface area contributed by atoms with Crippen LogP contribution in [-0.2, 0) is 19.4 Å². The van der Waals surface area contributed by atoms with Crippen molar-refractivity contribution >= 4 is 0 Å². The van der Waals surface area contributed by atoms with Crippen LogP contribution in [0.5, 0.6) is 5.75 Å². The minimum absolute atomic E-state index is 0.564. The molecule has 0 bridgehead atoms. The monoisotopic (exact) mass is 259 g/mol. The van der Waals surface area contributed by atoms with E-state index < -0.39 is 6.10 Å². The third-order valence-corrected chi connectivity index (χ3v) is 3.37. The SMILES string of the molecule is CC(O)c1cn(CCc2ccc3c(c2)CCO3)nn1.